The lowest BCUT2D eigenvalue weighted by molar-refractivity contribution is -0.134. The summed E-state index contributed by atoms with van der Waals surface area (Å²) in [5.74, 6) is 0.0824. The van der Waals surface area contributed by atoms with Crippen molar-refractivity contribution in [1.29, 1.82) is 0 Å². The van der Waals surface area contributed by atoms with Crippen molar-refractivity contribution in [1.82, 2.24) is 4.98 Å². The predicted octanol–water partition coefficient (Wildman–Crippen LogP) is 1.16. The third kappa shape index (κ3) is 2.58. The molecule has 0 aliphatic rings. The first kappa shape index (κ1) is 10.2. The third-order valence-electron chi connectivity index (χ3n) is 1.77. The third-order valence-corrected chi connectivity index (χ3v) is 1.77. The standard InChI is InChI=1S/C10H12N2O2/c1-7-5-9(11)12-6-8(7)3-4-10(13)14-2/h3-6H,1-2H3,(H2,11,12). The van der Waals surface area contributed by atoms with Crippen LogP contribution in [0.15, 0.2) is 18.3 Å². The summed E-state index contributed by atoms with van der Waals surface area (Å²) in [5, 5.41) is 0. The number of nitrogens with two attached hydrogens (primary N) is 1. The zero-order valence-corrected chi connectivity index (χ0v) is 8.15. The van der Waals surface area contributed by atoms with E-state index in [2.05, 4.69) is 9.72 Å². The summed E-state index contributed by atoms with van der Waals surface area (Å²) < 4.78 is 4.46. The lowest BCUT2D eigenvalue weighted by Crippen LogP contribution is -1.95. The molecule has 2 N–H and O–H groups in total. The van der Waals surface area contributed by atoms with E-state index >= 15 is 0 Å². The van der Waals surface area contributed by atoms with E-state index in [1.165, 1.54) is 13.2 Å². The van der Waals surface area contributed by atoms with E-state index < -0.39 is 0 Å². The Balaban J connectivity index is 2.87. The molecule has 0 saturated carbocycles. The number of hydrogen-bond acceptors (Lipinski definition) is 4. The molecule has 0 fully saturated rings. The average Bonchev–Trinajstić information content (AvgIpc) is 2.16. The van der Waals surface area contributed by atoms with Gasteiger partial charge in [0.15, 0.2) is 0 Å². The fourth-order valence-electron chi connectivity index (χ4n) is 0.989. The van der Waals surface area contributed by atoms with Crippen LogP contribution < -0.4 is 5.73 Å². The van der Waals surface area contributed by atoms with Crippen molar-refractivity contribution >= 4 is 17.9 Å². The van der Waals surface area contributed by atoms with Crippen molar-refractivity contribution in [2.75, 3.05) is 12.8 Å². The first-order chi connectivity index (χ1) is 6.63. The van der Waals surface area contributed by atoms with Gasteiger partial charge in [-0.15, -0.1) is 0 Å². The summed E-state index contributed by atoms with van der Waals surface area (Å²) in [6.07, 6.45) is 4.61. The molecule has 74 valence electrons. The molecule has 4 nitrogen and oxygen atoms in total. The number of carbonyl (C=O) groups is 1. The number of carbonyl (C=O) groups excluding carboxylic acids is 1. The first-order valence-electron chi connectivity index (χ1n) is 4.11. The van der Waals surface area contributed by atoms with Gasteiger partial charge in [0.05, 0.1) is 7.11 Å². The fourth-order valence-corrected chi connectivity index (χ4v) is 0.989. The number of aromatic nitrogens is 1. The molecule has 0 radical (unpaired) electrons. The highest BCUT2D eigenvalue weighted by molar-refractivity contribution is 5.87. The normalized spacial score (nSPS) is 10.4. The molecule has 0 aliphatic heterocycles. The summed E-state index contributed by atoms with van der Waals surface area (Å²) in [4.78, 5) is 14.7. The molecule has 14 heavy (non-hydrogen) atoms. The molecule has 1 rings (SSSR count). The second-order valence-corrected chi connectivity index (χ2v) is 2.82. The van der Waals surface area contributed by atoms with E-state index in [1.807, 2.05) is 6.92 Å². The summed E-state index contributed by atoms with van der Waals surface area (Å²) in [5.41, 5.74) is 7.30. The molecule has 0 bridgehead atoms. The van der Waals surface area contributed by atoms with Gasteiger partial charge in [-0.3, -0.25) is 0 Å². The minimum atomic E-state index is -0.388. The van der Waals surface area contributed by atoms with Crippen LogP contribution in [0.1, 0.15) is 11.1 Å². The maximum absolute atomic E-state index is 10.8. The Bertz CT molecular complexity index is 372. The van der Waals surface area contributed by atoms with Gasteiger partial charge in [0.1, 0.15) is 5.82 Å². The molecule has 0 amide bonds. The van der Waals surface area contributed by atoms with Gasteiger partial charge in [0.25, 0.3) is 0 Å². The summed E-state index contributed by atoms with van der Waals surface area (Å²) in [6, 6.07) is 1.75. The Morgan fingerprint density at radius 2 is 2.36 bits per heavy atom. The summed E-state index contributed by atoms with van der Waals surface area (Å²) in [6.45, 7) is 1.90. The van der Waals surface area contributed by atoms with Crippen molar-refractivity contribution < 1.29 is 9.53 Å². The summed E-state index contributed by atoms with van der Waals surface area (Å²) >= 11 is 0. The molecule has 0 atom stereocenters. The molecule has 1 aromatic rings. The molecule has 0 unspecified atom stereocenters. The van der Waals surface area contributed by atoms with E-state index in [-0.39, 0.29) is 5.97 Å². The average molecular weight is 192 g/mol. The van der Waals surface area contributed by atoms with E-state index in [4.69, 9.17) is 5.73 Å². The Kier molecular flexibility index (Phi) is 3.23. The van der Waals surface area contributed by atoms with E-state index in [0.29, 0.717) is 5.82 Å². The van der Waals surface area contributed by atoms with Crippen LogP contribution in [0.2, 0.25) is 0 Å². The number of pyridine rings is 1. The molecular formula is C10H12N2O2. The molecule has 1 aromatic heterocycles. The Labute approximate surface area is 82.4 Å². The van der Waals surface area contributed by atoms with Gasteiger partial charge < -0.3 is 10.5 Å². The topological polar surface area (TPSA) is 65.2 Å². The predicted molar refractivity (Wildman–Crippen MR) is 54.4 cm³/mol. The SMILES string of the molecule is COC(=O)C=Cc1cnc(N)cc1C. The first-order valence-corrected chi connectivity index (χ1v) is 4.11. The van der Waals surface area contributed by atoms with Crippen LogP contribution in [-0.2, 0) is 9.53 Å². The van der Waals surface area contributed by atoms with Crippen molar-refractivity contribution in [3.05, 3.63) is 29.5 Å². The van der Waals surface area contributed by atoms with E-state index in [9.17, 15) is 4.79 Å². The van der Waals surface area contributed by atoms with Crippen LogP contribution in [0.5, 0.6) is 0 Å². The lowest BCUT2D eigenvalue weighted by atomic mass is 10.1. The second-order valence-electron chi connectivity index (χ2n) is 2.82. The highest BCUT2D eigenvalue weighted by Crippen LogP contribution is 2.10. The molecule has 0 saturated heterocycles. The number of aryl methyl sites for hydroxylation is 1. The maximum atomic E-state index is 10.8. The van der Waals surface area contributed by atoms with Gasteiger partial charge in [-0.05, 0) is 30.2 Å². The van der Waals surface area contributed by atoms with E-state index in [0.717, 1.165) is 11.1 Å². The van der Waals surface area contributed by atoms with Gasteiger partial charge in [-0.1, -0.05) is 0 Å². The number of rotatable bonds is 2. The van der Waals surface area contributed by atoms with Gasteiger partial charge in [0, 0.05) is 12.3 Å². The summed E-state index contributed by atoms with van der Waals surface area (Å²) in [7, 11) is 1.33. The quantitative estimate of drug-likeness (QED) is 0.564. The van der Waals surface area contributed by atoms with Crippen molar-refractivity contribution in [2.24, 2.45) is 0 Å². The van der Waals surface area contributed by atoms with Crippen LogP contribution in [-0.4, -0.2) is 18.1 Å². The minimum Gasteiger partial charge on any atom is -0.466 e. The van der Waals surface area contributed by atoms with Crippen LogP contribution in [0.3, 0.4) is 0 Å². The largest absolute Gasteiger partial charge is 0.466 e. The number of nitrogens with zero attached hydrogens (tertiary/aromatic N) is 1. The number of esters is 1. The highest BCUT2D eigenvalue weighted by Gasteiger charge is 1.97. The molecule has 4 heteroatoms. The van der Waals surface area contributed by atoms with Gasteiger partial charge in [-0.25, -0.2) is 9.78 Å². The number of nitrogen functional groups attached to an aromatic ring is 1. The Hall–Kier alpha value is -1.84. The van der Waals surface area contributed by atoms with Crippen LogP contribution >= 0.6 is 0 Å². The lowest BCUT2D eigenvalue weighted by Gasteiger charge is -1.99. The van der Waals surface area contributed by atoms with Crippen molar-refractivity contribution in [2.45, 2.75) is 6.92 Å². The molecule has 0 spiro atoms. The molecule has 0 aliphatic carbocycles. The number of anilines is 1. The van der Waals surface area contributed by atoms with Crippen LogP contribution in [0.4, 0.5) is 5.82 Å². The number of hydrogen-bond donors (Lipinski definition) is 1. The van der Waals surface area contributed by atoms with Crippen molar-refractivity contribution in [3.8, 4) is 0 Å². The second kappa shape index (κ2) is 4.41. The Morgan fingerprint density at radius 3 is 2.93 bits per heavy atom. The van der Waals surface area contributed by atoms with Crippen LogP contribution in [0.25, 0.3) is 6.08 Å². The number of ether oxygens (including phenoxy) is 1. The monoisotopic (exact) mass is 192 g/mol. The zero-order valence-electron chi connectivity index (χ0n) is 8.15. The van der Waals surface area contributed by atoms with E-state index in [1.54, 1.807) is 18.3 Å². The van der Waals surface area contributed by atoms with Gasteiger partial charge in [0.2, 0.25) is 0 Å². The minimum absolute atomic E-state index is 0.388. The molecule has 0 aromatic carbocycles. The fraction of sp³-hybridized carbons (Fsp3) is 0.200. The smallest absolute Gasteiger partial charge is 0.330 e. The zero-order chi connectivity index (χ0) is 10.6. The van der Waals surface area contributed by atoms with Crippen LogP contribution in [0, 0.1) is 6.92 Å². The maximum Gasteiger partial charge on any atom is 0.330 e. The van der Waals surface area contributed by atoms with Gasteiger partial charge >= 0.3 is 5.97 Å². The number of methoxy groups -OCH3 is 1. The Morgan fingerprint density at radius 1 is 1.64 bits per heavy atom. The molecular weight excluding hydrogens is 180 g/mol. The highest BCUT2D eigenvalue weighted by atomic mass is 16.5. The molecule has 1 heterocycles. The van der Waals surface area contributed by atoms with Crippen molar-refractivity contribution in [3.63, 3.8) is 0 Å². The van der Waals surface area contributed by atoms with Gasteiger partial charge in [-0.2, -0.15) is 0 Å².